The predicted octanol–water partition coefficient (Wildman–Crippen LogP) is 5.75. The van der Waals surface area contributed by atoms with Crippen molar-refractivity contribution in [3.8, 4) is 17.0 Å². The Morgan fingerprint density at radius 2 is 1.94 bits per heavy atom. The Kier molecular flexibility index (Phi) is 6.16. The second-order valence-electron chi connectivity index (χ2n) is 9.71. The molecule has 5 rings (SSSR count). The second kappa shape index (κ2) is 9.14. The molecule has 0 unspecified atom stereocenters. The number of fused-ring (bicyclic) bond motifs is 1. The van der Waals surface area contributed by atoms with E-state index in [1.807, 2.05) is 31.2 Å². The zero-order chi connectivity index (χ0) is 24.7. The van der Waals surface area contributed by atoms with Crippen LogP contribution in [-0.2, 0) is 4.57 Å². The fourth-order valence-electron chi connectivity index (χ4n) is 4.58. The lowest BCUT2D eigenvalue weighted by Gasteiger charge is -2.17. The molecule has 6 nitrogen and oxygen atoms in total. The molecule has 1 saturated heterocycles. The fraction of sp³-hybridized carbons (Fsp3) is 0.296. The normalized spacial score (nSPS) is 16.7. The molecule has 0 amide bonds. The lowest BCUT2D eigenvalue weighted by molar-refractivity contribution is 0.208. The number of halogens is 1. The number of nitrogens with one attached hydrogen (secondary N) is 2. The summed E-state index contributed by atoms with van der Waals surface area (Å²) >= 11 is 0. The van der Waals surface area contributed by atoms with Crippen molar-refractivity contribution in [2.45, 2.75) is 19.4 Å². The minimum atomic E-state index is -2.70. The number of H-pyrrole nitrogens is 1. The van der Waals surface area contributed by atoms with Crippen LogP contribution in [0.2, 0.25) is 0 Å². The zero-order valence-electron chi connectivity index (χ0n) is 20.4. The van der Waals surface area contributed by atoms with Gasteiger partial charge in [-0.15, -0.1) is 0 Å². The molecule has 1 aliphatic rings. The summed E-state index contributed by atoms with van der Waals surface area (Å²) in [5, 5.41) is 4.81. The van der Waals surface area contributed by atoms with E-state index in [4.69, 9.17) is 4.74 Å². The van der Waals surface area contributed by atoms with Crippen molar-refractivity contribution in [1.82, 2.24) is 14.9 Å². The van der Waals surface area contributed by atoms with Gasteiger partial charge in [-0.2, -0.15) is 0 Å². The van der Waals surface area contributed by atoms with Gasteiger partial charge >= 0.3 is 0 Å². The Morgan fingerprint density at radius 3 is 2.63 bits per heavy atom. The number of hydrogen-bond acceptors (Lipinski definition) is 5. The van der Waals surface area contributed by atoms with Crippen LogP contribution in [0.25, 0.3) is 22.3 Å². The van der Waals surface area contributed by atoms with E-state index in [1.165, 1.54) is 12.1 Å². The molecule has 8 heteroatoms. The number of hydrogen-bond donors (Lipinski definition) is 2. The molecule has 0 spiro atoms. The van der Waals surface area contributed by atoms with Gasteiger partial charge in [0.05, 0.1) is 5.69 Å². The van der Waals surface area contributed by atoms with E-state index in [0.29, 0.717) is 11.0 Å². The number of likely N-dealkylation sites (N-methyl/N-ethyl adjacent to an activating group) is 1. The lowest BCUT2D eigenvalue weighted by atomic mass is 10.1. The minimum Gasteiger partial charge on any atom is -0.489 e. The summed E-state index contributed by atoms with van der Waals surface area (Å²) in [5.41, 5.74) is 5.12. The highest BCUT2D eigenvalue weighted by molar-refractivity contribution is 7.70. The van der Waals surface area contributed by atoms with Crippen LogP contribution in [0, 0.1) is 12.7 Å². The van der Waals surface area contributed by atoms with Gasteiger partial charge in [0, 0.05) is 41.4 Å². The summed E-state index contributed by atoms with van der Waals surface area (Å²) < 4.78 is 32.9. The second-order valence-corrected chi connectivity index (χ2v) is 12.9. The third-order valence-corrected chi connectivity index (χ3v) is 7.99. The molecule has 2 aromatic carbocycles. The molecule has 182 valence electrons. The third kappa shape index (κ3) is 4.97. The number of anilines is 2. The molecular weight excluding hydrogens is 462 g/mol. The highest BCUT2D eigenvalue weighted by atomic mass is 31.2. The lowest BCUT2D eigenvalue weighted by Crippen LogP contribution is -2.21. The van der Waals surface area contributed by atoms with Gasteiger partial charge < -0.3 is 24.5 Å². The zero-order valence-corrected chi connectivity index (χ0v) is 21.3. The molecule has 0 radical (unpaired) electrons. The first-order chi connectivity index (χ1) is 16.7. The molecule has 2 aromatic heterocycles. The SMILES string of the molecule is Cc1cnc2[nH]c(-c3ccc(O[C@H]4CCN(C)C4)cc3)cc2c1Nc1ccc(F)cc1P(C)(C)=O. The van der Waals surface area contributed by atoms with E-state index in [2.05, 4.69) is 33.3 Å². The molecule has 1 fully saturated rings. The number of likely N-dealkylation sites (tertiary alicyclic amines) is 1. The molecule has 1 atom stereocenters. The fourth-order valence-corrected chi connectivity index (χ4v) is 5.73. The first-order valence-electron chi connectivity index (χ1n) is 11.7. The van der Waals surface area contributed by atoms with Gasteiger partial charge in [0.15, 0.2) is 0 Å². The van der Waals surface area contributed by atoms with Gasteiger partial charge in [0.1, 0.15) is 30.5 Å². The summed E-state index contributed by atoms with van der Waals surface area (Å²) in [4.78, 5) is 10.2. The molecule has 35 heavy (non-hydrogen) atoms. The monoisotopic (exact) mass is 492 g/mol. The van der Waals surface area contributed by atoms with Crippen molar-refractivity contribution < 1.29 is 13.7 Å². The smallest absolute Gasteiger partial charge is 0.139 e. The van der Waals surface area contributed by atoms with Crippen LogP contribution < -0.4 is 15.4 Å². The van der Waals surface area contributed by atoms with Crippen LogP contribution in [-0.4, -0.2) is 54.4 Å². The minimum absolute atomic E-state index is 0.234. The highest BCUT2D eigenvalue weighted by Crippen LogP contribution is 2.40. The van der Waals surface area contributed by atoms with Crippen molar-refractivity contribution >= 4 is 34.9 Å². The Hall–Kier alpha value is -3.15. The summed E-state index contributed by atoms with van der Waals surface area (Å²) in [5.74, 6) is 0.469. The molecule has 4 aromatic rings. The Labute approximate surface area is 204 Å². The number of rotatable bonds is 6. The largest absolute Gasteiger partial charge is 0.489 e. The van der Waals surface area contributed by atoms with Gasteiger partial charge in [0.2, 0.25) is 0 Å². The number of aromatic nitrogens is 2. The number of ether oxygens (including phenoxy) is 1. The highest BCUT2D eigenvalue weighted by Gasteiger charge is 2.21. The van der Waals surface area contributed by atoms with Gasteiger partial charge in [-0.25, -0.2) is 9.37 Å². The number of benzene rings is 2. The number of aryl methyl sites for hydroxylation is 1. The number of pyridine rings is 1. The molecular formula is C27H30FN4O2P. The van der Waals surface area contributed by atoms with Gasteiger partial charge in [-0.1, -0.05) is 0 Å². The maximum Gasteiger partial charge on any atom is 0.139 e. The summed E-state index contributed by atoms with van der Waals surface area (Å²) in [6.45, 7) is 7.28. The van der Waals surface area contributed by atoms with E-state index in [-0.39, 0.29) is 6.10 Å². The van der Waals surface area contributed by atoms with Crippen LogP contribution in [0.5, 0.6) is 5.75 Å². The quantitative estimate of drug-likeness (QED) is 0.335. The van der Waals surface area contributed by atoms with Gasteiger partial charge in [0.25, 0.3) is 0 Å². The number of nitrogens with zero attached hydrogens (tertiary/aromatic N) is 2. The average molecular weight is 493 g/mol. The summed E-state index contributed by atoms with van der Waals surface area (Å²) in [6, 6.07) is 14.5. The molecule has 0 bridgehead atoms. The molecule has 0 saturated carbocycles. The van der Waals surface area contributed by atoms with Crippen molar-refractivity contribution in [2.24, 2.45) is 0 Å². The molecule has 2 N–H and O–H groups in total. The van der Waals surface area contributed by atoms with Gasteiger partial charge in [-0.05, 0) is 93.4 Å². The van der Waals surface area contributed by atoms with E-state index in [1.54, 1.807) is 25.6 Å². The maximum atomic E-state index is 13.9. The van der Waals surface area contributed by atoms with E-state index in [0.717, 1.165) is 58.8 Å². The topological polar surface area (TPSA) is 70.2 Å². The number of aromatic amines is 1. The van der Waals surface area contributed by atoms with Crippen molar-refractivity contribution in [2.75, 3.05) is 38.8 Å². The first kappa shape index (κ1) is 23.6. The van der Waals surface area contributed by atoms with E-state index >= 15 is 0 Å². The van der Waals surface area contributed by atoms with Crippen molar-refractivity contribution in [1.29, 1.82) is 0 Å². The average Bonchev–Trinajstić information content (AvgIpc) is 3.42. The molecule has 0 aliphatic carbocycles. The van der Waals surface area contributed by atoms with Gasteiger partial charge in [-0.3, -0.25) is 0 Å². The molecule has 3 heterocycles. The molecule has 1 aliphatic heterocycles. The van der Waals surface area contributed by atoms with E-state index < -0.39 is 13.0 Å². The van der Waals surface area contributed by atoms with Crippen LogP contribution in [0.1, 0.15) is 12.0 Å². The van der Waals surface area contributed by atoms with Crippen molar-refractivity contribution in [3.05, 3.63) is 66.1 Å². The maximum absolute atomic E-state index is 13.9. The first-order valence-corrected chi connectivity index (χ1v) is 14.3. The van der Waals surface area contributed by atoms with Crippen LogP contribution in [0.15, 0.2) is 54.7 Å². The third-order valence-electron chi connectivity index (χ3n) is 6.46. The van der Waals surface area contributed by atoms with Crippen molar-refractivity contribution in [3.63, 3.8) is 0 Å². The van der Waals surface area contributed by atoms with Crippen LogP contribution >= 0.6 is 7.14 Å². The summed E-state index contributed by atoms with van der Waals surface area (Å²) in [7, 11) is -0.585. The standard InChI is InChI=1S/C27H30FN4O2P/c1-17-15-29-27-22(26(17)30-23-10-7-19(28)13-25(23)35(3,4)33)14-24(31-27)18-5-8-20(9-6-18)34-21-11-12-32(2)16-21/h5-10,13-15,21H,11-12,16H2,1-4H3,(H2,29,30,31)/t21-/m0/s1. The van der Waals surface area contributed by atoms with Crippen LogP contribution in [0.4, 0.5) is 15.8 Å². The van der Waals surface area contributed by atoms with E-state index in [9.17, 15) is 8.96 Å². The Bertz CT molecular complexity index is 1430. The predicted molar refractivity (Wildman–Crippen MR) is 142 cm³/mol. The Morgan fingerprint density at radius 1 is 1.17 bits per heavy atom. The van der Waals surface area contributed by atoms with Crippen LogP contribution in [0.3, 0.4) is 0 Å². The Balaban J connectivity index is 1.46. The summed E-state index contributed by atoms with van der Waals surface area (Å²) in [6.07, 6.45) is 3.07.